The standard InChI is InChI=1S/C17H22N2/c1-3-19(13-15-9-5-4-6-10-15)17-14(2)8-7-11-16(17)12-18/h4-11H,3,12-13,18H2,1-2H3. The molecule has 0 bridgehead atoms. The van der Waals surface area contributed by atoms with Crippen molar-refractivity contribution < 1.29 is 0 Å². The summed E-state index contributed by atoms with van der Waals surface area (Å²) >= 11 is 0. The molecule has 100 valence electrons. The molecule has 0 fully saturated rings. The molecule has 0 aliphatic heterocycles. The average molecular weight is 254 g/mol. The van der Waals surface area contributed by atoms with Crippen LogP contribution in [0.4, 0.5) is 5.69 Å². The summed E-state index contributed by atoms with van der Waals surface area (Å²) in [5.74, 6) is 0. The molecule has 2 N–H and O–H groups in total. The van der Waals surface area contributed by atoms with E-state index in [0.29, 0.717) is 6.54 Å². The van der Waals surface area contributed by atoms with Crippen molar-refractivity contribution in [2.75, 3.05) is 11.4 Å². The lowest BCUT2D eigenvalue weighted by Crippen LogP contribution is -2.24. The smallest absolute Gasteiger partial charge is 0.0444 e. The molecule has 0 saturated heterocycles. The normalized spacial score (nSPS) is 10.5. The van der Waals surface area contributed by atoms with E-state index >= 15 is 0 Å². The highest BCUT2D eigenvalue weighted by Crippen LogP contribution is 2.26. The van der Waals surface area contributed by atoms with E-state index in [4.69, 9.17) is 5.73 Å². The Hall–Kier alpha value is -1.80. The Morgan fingerprint density at radius 1 is 1.00 bits per heavy atom. The van der Waals surface area contributed by atoms with Crippen molar-refractivity contribution >= 4 is 5.69 Å². The van der Waals surface area contributed by atoms with Gasteiger partial charge in [-0.15, -0.1) is 0 Å². The number of rotatable bonds is 5. The quantitative estimate of drug-likeness (QED) is 0.885. The van der Waals surface area contributed by atoms with Gasteiger partial charge in [0.15, 0.2) is 0 Å². The van der Waals surface area contributed by atoms with Gasteiger partial charge < -0.3 is 10.6 Å². The van der Waals surface area contributed by atoms with Gasteiger partial charge in [0.05, 0.1) is 0 Å². The van der Waals surface area contributed by atoms with Gasteiger partial charge in [0, 0.05) is 25.3 Å². The Balaban J connectivity index is 2.32. The van der Waals surface area contributed by atoms with Crippen molar-refractivity contribution in [1.29, 1.82) is 0 Å². The lowest BCUT2D eigenvalue weighted by atomic mass is 10.1. The molecule has 0 amide bonds. The van der Waals surface area contributed by atoms with Crippen LogP contribution in [0.1, 0.15) is 23.6 Å². The van der Waals surface area contributed by atoms with Crippen LogP contribution in [-0.4, -0.2) is 6.54 Å². The Morgan fingerprint density at radius 3 is 2.37 bits per heavy atom. The first-order valence-corrected chi connectivity index (χ1v) is 6.83. The summed E-state index contributed by atoms with van der Waals surface area (Å²) in [6.45, 7) is 6.84. The molecule has 0 spiro atoms. The molecule has 2 heteroatoms. The maximum atomic E-state index is 5.88. The summed E-state index contributed by atoms with van der Waals surface area (Å²) in [5.41, 5.74) is 11.0. The Bertz CT molecular complexity index is 520. The minimum absolute atomic E-state index is 0.586. The van der Waals surface area contributed by atoms with Gasteiger partial charge in [-0.3, -0.25) is 0 Å². The van der Waals surface area contributed by atoms with Crippen LogP contribution >= 0.6 is 0 Å². The highest BCUT2D eigenvalue weighted by molar-refractivity contribution is 5.59. The SMILES string of the molecule is CCN(Cc1ccccc1)c1c(C)cccc1CN. The van der Waals surface area contributed by atoms with E-state index in [9.17, 15) is 0 Å². The maximum absolute atomic E-state index is 5.88. The number of aryl methyl sites for hydroxylation is 1. The van der Waals surface area contributed by atoms with Gasteiger partial charge >= 0.3 is 0 Å². The summed E-state index contributed by atoms with van der Waals surface area (Å²) in [6, 6.07) is 16.9. The van der Waals surface area contributed by atoms with E-state index in [1.54, 1.807) is 0 Å². The van der Waals surface area contributed by atoms with E-state index in [0.717, 1.165) is 13.1 Å². The lowest BCUT2D eigenvalue weighted by molar-refractivity contribution is 0.817. The van der Waals surface area contributed by atoms with Crippen molar-refractivity contribution in [3.05, 3.63) is 65.2 Å². The molecule has 0 unspecified atom stereocenters. The van der Waals surface area contributed by atoms with Crippen LogP contribution in [0.5, 0.6) is 0 Å². The fourth-order valence-electron chi connectivity index (χ4n) is 2.49. The Kier molecular flexibility index (Phi) is 4.58. The third kappa shape index (κ3) is 3.15. The van der Waals surface area contributed by atoms with Crippen LogP contribution in [0, 0.1) is 6.92 Å². The van der Waals surface area contributed by atoms with Gasteiger partial charge in [-0.05, 0) is 30.5 Å². The fourth-order valence-corrected chi connectivity index (χ4v) is 2.49. The molecule has 0 aromatic heterocycles. The third-order valence-corrected chi connectivity index (χ3v) is 3.46. The van der Waals surface area contributed by atoms with E-state index < -0.39 is 0 Å². The fraction of sp³-hybridized carbons (Fsp3) is 0.294. The zero-order chi connectivity index (χ0) is 13.7. The van der Waals surface area contributed by atoms with Crippen molar-refractivity contribution in [3.8, 4) is 0 Å². The van der Waals surface area contributed by atoms with E-state index in [1.165, 1.54) is 22.4 Å². The number of benzene rings is 2. The minimum Gasteiger partial charge on any atom is -0.367 e. The summed E-state index contributed by atoms with van der Waals surface area (Å²) in [5, 5.41) is 0. The second kappa shape index (κ2) is 6.39. The first kappa shape index (κ1) is 13.6. The highest BCUT2D eigenvalue weighted by Gasteiger charge is 2.12. The minimum atomic E-state index is 0.586. The van der Waals surface area contributed by atoms with Gasteiger partial charge in [-0.25, -0.2) is 0 Å². The highest BCUT2D eigenvalue weighted by atomic mass is 15.1. The van der Waals surface area contributed by atoms with Crippen molar-refractivity contribution in [2.45, 2.75) is 26.9 Å². The summed E-state index contributed by atoms with van der Waals surface area (Å²) in [6.07, 6.45) is 0. The second-order valence-electron chi connectivity index (χ2n) is 4.79. The van der Waals surface area contributed by atoms with Gasteiger partial charge in [-0.1, -0.05) is 48.5 Å². The first-order chi connectivity index (χ1) is 9.26. The Morgan fingerprint density at radius 2 is 1.74 bits per heavy atom. The molecule has 0 radical (unpaired) electrons. The number of hydrogen-bond donors (Lipinski definition) is 1. The van der Waals surface area contributed by atoms with Gasteiger partial charge in [0.1, 0.15) is 0 Å². The molecule has 2 aromatic rings. The van der Waals surface area contributed by atoms with Crippen LogP contribution in [0.3, 0.4) is 0 Å². The molecular weight excluding hydrogens is 232 g/mol. The number of para-hydroxylation sites is 1. The number of nitrogens with two attached hydrogens (primary N) is 1. The predicted molar refractivity (Wildman–Crippen MR) is 82.2 cm³/mol. The molecule has 2 nitrogen and oxygen atoms in total. The van der Waals surface area contributed by atoms with Gasteiger partial charge in [0.25, 0.3) is 0 Å². The molecular formula is C17H22N2. The number of hydrogen-bond acceptors (Lipinski definition) is 2. The van der Waals surface area contributed by atoms with Crippen LogP contribution in [0.15, 0.2) is 48.5 Å². The molecule has 0 aliphatic rings. The molecule has 0 heterocycles. The Labute approximate surface area is 115 Å². The van der Waals surface area contributed by atoms with Crippen molar-refractivity contribution in [3.63, 3.8) is 0 Å². The van der Waals surface area contributed by atoms with E-state index in [2.05, 4.69) is 67.3 Å². The molecule has 0 atom stereocenters. The van der Waals surface area contributed by atoms with Gasteiger partial charge in [-0.2, -0.15) is 0 Å². The van der Waals surface area contributed by atoms with Crippen LogP contribution < -0.4 is 10.6 Å². The monoisotopic (exact) mass is 254 g/mol. The topological polar surface area (TPSA) is 29.3 Å². The molecule has 0 aliphatic carbocycles. The summed E-state index contributed by atoms with van der Waals surface area (Å²) in [4.78, 5) is 2.40. The van der Waals surface area contributed by atoms with Crippen LogP contribution in [-0.2, 0) is 13.1 Å². The largest absolute Gasteiger partial charge is 0.367 e. The molecule has 19 heavy (non-hydrogen) atoms. The van der Waals surface area contributed by atoms with Gasteiger partial charge in [0.2, 0.25) is 0 Å². The van der Waals surface area contributed by atoms with Crippen molar-refractivity contribution in [2.24, 2.45) is 5.73 Å². The average Bonchev–Trinajstić information content (AvgIpc) is 2.46. The second-order valence-corrected chi connectivity index (χ2v) is 4.79. The predicted octanol–water partition coefficient (Wildman–Crippen LogP) is 3.48. The first-order valence-electron chi connectivity index (χ1n) is 6.83. The number of anilines is 1. The van der Waals surface area contributed by atoms with Crippen LogP contribution in [0.2, 0.25) is 0 Å². The maximum Gasteiger partial charge on any atom is 0.0444 e. The summed E-state index contributed by atoms with van der Waals surface area (Å²) < 4.78 is 0. The van der Waals surface area contributed by atoms with Crippen molar-refractivity contribution in [1.82, 2.24) is 0 Å². The zero-order valence-electron chi connectivity index (χ0n) is 11.8. The molecule has 2 rings (SSSR count). The molecule has 0 saturated carbocycles. The van der Waals surface area contributed by atoms with Crippen LogP contribution in [0.25, 0.3) is 0 Å². The number of nitrogens with zero attached hydrogens (tertiary/aromatic N) is 1. The zero-order valence-corrected chi connectivity index (χ0v) is 11.8. The lowest BCUT2D eigenvalue weighted by Gasteiger charge is -2.27. The summed E-state index contributed by atoms with van der Waals surface area (Å²) in [7, 11) is 0. The molecule has 2 aromatic carbocycles. The van der Waals surface area contributed by atoms with E-state index in [-0.39, 0.29) is 0 Å². The van der Waals surface area contributed by atoms with E-state index in [1.807, 2.05) is 0 Å². The third-order valence-electron chi connectivity index (χ3n) is 3.46.